The lowest BCUT2D eigenvalue weighted by Gasteiger charge is -2.08. The number of ether oxygens (including phenoxy) is 2. The summed E-state index contributed by atoms with van der Waals surface area (Å²) in [4.78, 5) is 23.4. The summed E-state index contributed by atoms with van der Waals surface area (Å²) in [6.45, 7) is 7.56. The summed E-state index contributed by atoms with van der Waals surface area (Å²) in [5.41, 5.74) is 0.484. The maximum atomic E-state index is 11.9. The third-order valence-electron chi connectivity index (χ3n) is 2.37. The van der Waals surface area contributed by atoms with Crippen LogP contribution in [0.5, 0.6) is 0 Å². The maximum Gasteiger partial charge on any atom is 0.334 e. The minimum absolute atomic E-state index is 0.0539. The molecule has 0 N–H and O–H groups in total. The van der Waals surface area contributed by atoms with Crippen LogP contribution in [-0.4, -0.2) is 25.2 Å². The van der Waals surface area contributed by atoms with Crippen molar-refractivity contribution in [2.75, 3.05) is 13.2 Å². The predicted octanol–water partition coefficient (Wildman–Crippen LogP) is 2.74. The molecular weight excluding hydrogens is 260 g/mol. The topological polar surface area (TPSA) is 65.7 Å². The Hall–Kier alpha value is -2.30. The Morgan fingerprint density at radius 1 is 1.25 bits per heavy atom. The Kier molecular flexibility index (Phi) is 6.29. The minimum atomic E-state index is -0.526. The van der Waals surface area contributed by atoms with E-state index in [0.717, 1.165) is 0 Å². The van der Waals surface area contributed by atoms with Crippen molar-refractivity contribution in [2.24, 2.45) is 0 Å². The highest BCUT2D eigenvalue weighted by Gasteiger charge is 2.17. The van der Waals surface area contributed by atoms with Gasteiger partial charge in [0.1, 0.15) is 5.76 Å². The van der Waals surface area contributed by atoms with E-state index in [4.69, 9.17) is 13.9 Å². The standard InChI is InChI=1S/C15H18O5/c1-4-18-14(16)11(3)9-12(15(17)19-5-2)10-13-7-6-8-20-13/h6-8,10H,3-5,9H2,1-2H3/b12-10+. The molecule has 0 amide bonds. The highest BCUT2D eigenvalue weighted by atomic mass is 16.5. The lowest BCUT2D eigenvalue weighted by atomic mass is 10.1. The molecule has 1 heterocycles. The number of carbonyl (C=O) groups is 2. The maximum absolute atomic E-state index is 11.9. The SMILES string of the molecule is C=C(C/C(=C\c1ccco1)C(=O)OCC)C(=O)OCC. The first-order chi connectivity index (χ1) is 9.58. The van der Waals surface area contributed by atoms with E-state index in [1.165, 1.54) is 12.3 Å². The van der Waals surface area contributed by atoms with Crippen molar-refractivity contribution in [1.29, 1.82) is 0 Å². The summed E-state index contributed by atoms with van der Waals surface area (Å²) >= 11 is 0. The van der Waals surface area contributed by atoms with Crippen molar-refractivity contribution in [3.05, 3.63) is 41.9 Å². The first kappa shape index (κ1) is 15.8. The van der Waals surface area contributed by atoms with E-state index in [1.807, 2.05) is 0 Å². The van der Waals surface area contributed by atoms with Crippen LogP contribution in [0.2, 0.25) is 0 Å². The Labute approximate surface area is 117 Å². The van der Waals surface area contributed by atoms with Crippen molar-refractivity contribution in [1.82, 2.24) is 0 Å². The zero-order chi connectivity index (χ0) is 15.0. The largest absolute Gasteiger partial charge is 0.465 e. The van der Waals surface area contributed by atoms with Crippen LogP contribution in [0.25, 0.3) is 6.08 Å². The van der Waals surface area contributed by atoms with Crippen molar-refractivity contribution >= 4 is 18.0 Å². The van der Waals surface area contributed by atoms with Gasteiger partial charge in [0, 0.05) is 17.6 Å². The molecule has 0 bridgehead atoms. The van der Waals surface area contributed by atoms with Crippen LogP contribution < -0.4 is 0 Å². The first-order valence-corrected chi connectivity index (χ1v) is 6.34. The van der Waals surface area contributed by atoms with Crippen LogP contribution in [0.1, 0.15) is 26.0 Å². The summed E-state index contributed by atoms with van der Waals surface area (Å²) in [5, 5.41) is 0. The van der Waals surface area contributed by atoms with E-state index in [0.29, 0.717) is 11.3 Å². The van der Waals surface area contributed by atoms with Gasteiger partial charge in [0.2, 0.25) is 0 Å². The van der Waals surface area contributed by atoms with Crippen molar-refractivity contribution in [3.8, 4) is 0 Å². The van der Waals surface area contributed by atoms with Gasteiger partial charge in [-0.25, -0.2) is 9.59 Å². The van der Waals surface area contributed by atoms with Crippen LogP contribution in [-0.2, 0) is 19.1 Å². The van der Waals surface area contributed by atoms with E-state index in [9.17, 15) is 9.59 Å². The third kappa shape index (κ3) is 4.76. The second-order valence-corrected chi connectivity index (χ2v) is 3.91. The number of esters is 2. The molecule has 0 aliphatic rings. The van der Waals surface area contributed by atoms with Gasteiger partial charge in [-0.05, 0) is 32.1 Å². The van der Waals surface area contributed by atoms with Crippen LogP contribution in [0.15, 0.2) is 40.5 Å². The third-order valence-corrected chi connectivity index (χ3v) is 2.37. The van der Waals surface area contributed by atoms with Crippen LogP contribution >= 0.6 is 0 Å². The summed E-state index contributed by atoms with van der Waals surface area (Å²) in [7, 11) is 0. The summed E-state index contributed by atoms with van der Waals surface area (Å²) < 4.78 is 14.9. The summed E-state index contributed by atoms with van der Waals surface area (Å²) in [6.07, 6.45) is 3.08. The molecule has 1 aromatic heterocycles. The Bertz CT molecular complexity index is 496. The van der Waals surface area contributed by atoms with E-state index >= 15 is 0 Å². The Morgan fingerprint density at radius 2 is 1.90 bits per heavy atom. The predicted molar refractivity (Wildman–Crippen MR) is 73.7 cm³/mol. The smallest absolute Gasteiger partial charge is 0.334 e. The molecular formula is C15H18O5. The van der Waals surface area contributed by atoms with E-state index in [1.54, 1.807) is 26.0 Å². The highest BCUT2D eigenvalue weighted by Crippen LogP contribution is 2.17. The van der Waals surface area contributed by atoms with E-state index in [2.05, 4.69) is 6.58 Å². The van der Waals surface area contributed by atoms with Crippen LogP contribution in [0, 0.1) is 0 Å². The van der Waals surface area contributed by atoms with Crippen molar-refractivity contribution in [3.63, 3.8) is 0 Å². The normalized spacial score (nSPS) is 11.0. The second kappa shape index (κ2) is 7.99. The zero-order valence-corrected chi connectivity index (χ0v) is 11.7. The molecule has 20 heavy (non-hydrogen) atoms. The molecule has 0 spiro atoms. The molecule has 5 nitrogen and oxygen atoms in total. The van der Waals surface area contributed by atoms with Gasteiger partial charge in [-0.3, -0.25) is 0 Å². The van der Waals surface area contributed by atoms with Crippen molar-refractivity contribution in [2.45, 2.75) is 20.3 Å². The molecule has 5 heteroatoms. The second-order valence-electron chi connectivity index (χ2n) is 3.91. The zero-order valence-electron chi connectivity index (χ0n) is 11.7. The molecule has 0 aromatic carbocycles. The number of hydrogen-bond donors (Lipinski definition) is 0. The molecule has 0 radical (unpaired) electrons. The molecule has 0 saturated carbocycles. The summed E-state index contributed by atoms with van der Waals surface area (Å²) in [5.74, 6) is -0.527. The van der Waals surface area contributed by atoms with Crippen LogP contribution in [0.4, 0.5) is 0 Å². The van der Waals surface area contributed by atoms with Gasteiger partial charge in [0.25, 0.3) is 0 Å². The molecule has 0 aliphatic heterocycles. The van der Waals surface area contributed by atoms with E-state index < -0.39 is 11.9 Å². The van der Waals surface area contributed by atoms with Gasteiger partial charge in [-0.15, -0.1) is 0 Å². The fourth-order valence-electron chi connectivity index (χ4n) is 1.49. The quantitative estimate of drug-likeness (QED) is 0.566. The number of carbonyl (C=O) groups excluding carboxylic acids is 2. The molecule has 0 saturated heterocycles. The van der Waals surface area contributed by atoms with Gasteiger partial charge < -0.3 is 13.9 Å². The highest BCUT2D eigenvalue weighted by molar-refractivity contribution is 5.97. The monoisotopic (exact) mass is 278 g/mol. The lowest BCUT2D eigenvalue weighted by Crippen LogP contribution is -2.12. The van der Waals surface area contributed by atoms with Gasteiger partial charge >= 0.3 is 11.9 Å². The Balaban J connectivity index is 2.86. The average Bonchev–Trinajstić information content (AvgIpc) is 2.91. The molecule has 0 aliphatic carbocycles. The lowest BCUT2D eigenvalue weighted by molar-refractivity contribution is -0.138. The minimum Gasteiger partial charge on any atom is -0.465 e. The number of rotatable bonds is 7. The van der Waals surface area contributed by atoms with Crippen molar-refractivity contribution < 1.29 is 23.5 Å². The van der Waals surface area contributed by atoms with Gasteiger partial charge in [0.05, 0.1) is 19.5 Å². The van der Waals surface area contributed by atoms with E-state index in [-0.39, 0.29) is 25.2 Å². The average molecular weight is 278 g/mol. The fraction of sp³-hybridized carbons (Fsp3) is 0.333. The number of furan rings is 1. The summed E-state index contributed by atoms with van der Waals surface area (Å²) in [6, 6.07) is 3.40. The molecule has 108 valence electrons. The molecule has 0 unspecified atom stereocenters. The Morgan fingerprint density at radius 3 is 2.45 bits per heavy atom. The van der Waals surface area contributed by atoms with Gasteiger partial charge in [-0.2, -0.15) is 0 Å². The van der Waals surface area contributed by atoms with Gasteiger partial charge in [-0.1, -0.05) is 6.58 Å². The molecule has 0 fully saturated rings. The number of hydrogen-bond acceptors (Lipinski definition) is 5. The first-order valence-electron chi connectivity index (χ1n) is 6.34. The molecule has 1 rings (SSSR count). The fourth-order valence-corrected chi connectivity index (χ4v) is 1.49. The molecule has 1 aromatic rings. The molecule has 0 atom stereocenters. The van der Waals surface area contributed by atoms with Crippen LogP contribution in [0.3, 0.4) is 0 Å². The van der Waals surface area contributed by atoms with Gasteiger partial charge in [0.15, 0.2) is 0 Å².